The highest BCUT2D eigenvalue weighted by Crippen LogP contribution is 2.36. The fraction of sp³-hybridized carbons (Fsp3) is 0.417. The Kier molecular flexibility index (Phi) is 5.39. The number of nitrogens with two attached hydrogens (primary N) is 1. The van der Waals surface area contributed by atoms with Gasteiger partial charge in [-0.1, -0.05) is 0 Å². The molecule has 2 aromatic heterocycles. The number of rotatable bonds is 6. The highest BCUT2D eigenvalue weighted by atomic mass is 16.5. The second-order valence-corrected chi connectivity index (χ2v) is 8.99. The van der Waals surface area contributed by atoms with Crippen LogP contribution < -0.4 is 11.1 Å². The topological polar surface area (TPSA) is 131 Å². The molecule has 2 aromatic rings. The number of nitrogen functional groups attached to an aromatic ring is 1. The zero-order valence-electron chi connectivity index (χ0n) is 19.5. The van der Waals surface area contributed by atoms with Crippen LogP contribution in [0.5, 0.6) is 0 Å². The van der Waals surface area contributed by atoms with Crippen LogP contribution in [0.1, 0.15) is 29.2 Å². The number of nitrogens with zero attached hydrogens (tertiary/aromatic N) is 5. The lowest BCUT2D eigenvalue weighted by Gasteiger charge is -2.35. The maximum atomic E-state index is 13.0. The summed E-state index contributed by atoms with van der Waals surface area (Å²) in [5.74, 6) is 0.942. The van der Waals surface area contributed by atoms with Crippen LogP contribution in [-0.2, 0) is 14.2 Å². The van der Waals surface area contributed by atoms with E-state index in [0.717, 1.165) is 29.8 Å². The van der Waals surface area contributed by atoms with E-state index in [2.05, 4.69) is 15.0 Å². The predicted octanol–water partition coefficient (Wildman–Crippen LogP) is 1.77. The van der Waals surface area contributed by atoms with E-state index in [9.17, 15) is 4.79 Å². The zero-order valence-corrected chi connectivity index (χ0v) is 19.5. The van der Waals surface area contributed by atoms with Gasteiger partial charge < -0.3 is 29.8 Å². The molecule has 1 unspecified atom stereocenters. The Labute approximate surface area is 201 Å². The van der Waals surface area contributed by atoms with E-state index in [-0.39, 0.29) is 30.2 Å². The molecule has 1 aliphatic carbocycles. The lowest BCUT2D eigenvalue weighted by atomic mass is 9.89. The Morgan fingerprint density at radius 3 is 2.80 bits per heavy atom. The number of ether oxygens (including phenoxy) is 3. The average molecular weight is 478 g/mol. The summed E-state index contributed by atoms with van der Waals surface area (Å²) in [6.07, 6.45) is 7.07. The summed E-state index contributed by atoms with van der Waals surface area (Å²) < 4.78 is 20.2. The van der Waals surface area contributed by atoms with Crippen molar-refractivity contribution in [2.24, 2.45) is 0 Å². The van der Waals surface area contributed by atoms with Crippen molar-refractivity contribution < 1.29 is 19.0 Å². The first-order valence-corrected chi connectivity index (χ1v) is 11.6. The zero-order chi connectivity index (χ0) is 24.1. The number of pyridine rings is 1. The minimum Gasteiger partial charge on any atom is -0.384 e. The van der Waals surface area contributed by atoms with Crippen molar-refractivity contribution in [3.63, 3.8) is 0 Å². The van der Waals surface area contributed by atoms with Crippen LogP contribution >= 0.6 is 0 Å². The molecule has 1 saturated carbocycles. The largest absolute Gasteiger partial charge is 0.384 e. The maximum absolute atomic E-state index is 13.0. The van der Waals surface area contributed by atoms with Crippen molar-refractivity contribution in [3.8, 4) is 22.6 Å². The smallest absolute Gasteiger partial charge is 0.257 e. The van der Waals surface area contributed by atoms with Gasteiger partial charge >= 0.3 is 0 Å². The number of hydrogen-bond acceptors (Lipinski definition) is 8. The summed E-state index contributed by atoms with van der Waals surface area (Å²) in [4.78, 5) is 22.5. The first-order valence-electron chi connectivity index (χ1n) is 11.6. The van der Waals surface area contributed by atoms with Gasteiger partial charge in [0.1, 0.15) is 23.3 Å². The number of nitrogens with one attached hydrogen (secondary N) is 1. The summed E-state index contributed by atoms with van der Waals surface area (Å²) in [6.45, 7) is 1.10. The number of carbonyl (C=O) groups is 1. The molecule has 4 aliphatic rings. The van der Waals surface area contributed by atoms with Crippen LogP contribution in [0.25, 0.3) is 28.3 Å². The van der Waals surface area contributed by atoms with Gasteiger partial charge in [-0.15, -0.1) is 0 Å². The number of hydrogen-bond donors (Lipinski definition) is 2. The van der Waals surface area contributed by atoms with Crippen molar-refractivity contribution >= 4 is 17.4 Å². The lowest BCUT2D eigenvalue weighted by molar-refractivity contribution is 0.00732. The molecule has 1 saturated heterocycles. The van der Waals surface area contributed by atoms with Crippen molar-refractivity contribution in [1.82, 2.24) is 29.5 Å². The third-order valence-corrected chi connectivity index (χ3v) is 7.11. The van der Waals surface area contributed by atoms with E-state index in [4.69, 9.17) is 29.9 Å². The van der Waals surface area contributed by atoms with Crippen LogP contribution in [0, 0.1) is 0 Å². The van der Waals surface area contributed by atoms with Gasteiger partial charge in [-0.3, -0.25) is 4.79 Å². The van der Waals surface area contributed by atoms with Crippen LogP contribution in [0.15, 0.2) is 36.8 Å². The molecule has 3 aliphatic heterocycles. The molecule has 1 amide bonds. The second-order valence-electron chi connectivity index (χ2n) is 8.99. The molecule has 182 valence electrons. The number of fused-ring (bicyclic) bond motifs is 2. The Balaban J connectivity index is 1.36. The number of amides is 1. The molecule has 35 heavy (non-hydrogen) atoms. The van der Waals surface area contributed by atoms with Gasteiger partial charge in [0, 0.05) is 43.8 Å². The highest BCUT2D eigenvalue weighted by molar-refractivity contribution is 6.00. The molecule has 0 bridgehead atoms. The van der Waals surface area contributed by atoms with Crippen LogP contribution in [0.2, 0.25) is 0 Å². The minimum atomic E-state index is -0.244. The van der Waals surface area contributed by atoms with Gasteiger partial charge in [0.15, 0.2) is 5.65 Å². The second kappa shape index (κ2) is 8.59. The third kappa shape index (κ3) is 3.54. The van der Waals surface area contributed by atoms with E-state index in [1.54, 1.807) is 26.5 Å². The van der Waals surface area contributed by atoms with Gasteiger partial charge in [-0.25, -0.2) is 9.97 Å². The Morgan fingerprint density at radius 1 is 1.17 bits per heavy atom. The van der Waals surface area contributed by atoms with E-state index < -0.39 is 0 Å². The van der Waals surface area contributed by atoms with Crippen molar-refractivity contribution in [2.45, 2.75) is 37.1 Å². The molecule has 5 heterocycles. The molecule has 0 aromatic carbocycles. The normalized spacial score (nSPS) is 24.2. The van der Waals surface area contributed by atoms with Crippen LogP contribution in [0.3, 0.4) is 0 Å². The maximum Gasteiger partial charge on any atom is 0.257 e. The molecule has 11 heteroatoms. The molecule has 0 spiro atoms. The van der Waals surface area contributed by atoms with E-state index in [1.807, 2.05) is 18.3 Å². The molecular weight excluding hydrogens is 450 g/mol. The quantitative estimate of drug-likeness (QED) is 0.430. The molecule has 0 radical (unpaired) electrons. The predicted molar refractivity (Wildman–Crippen MR) is 127 cm³/mol. The lowest BCUT2D eigenvalue weighted by Crippen LogP contribution is -2.51. The van der Waals surface area contributed by atoms with Crippen LogP contribution in [-0.4, -0.2) is 75.7 Å². The average Bonchev–Trinajstić information content (AvgIpc) is 3.59. The monoisotopic (exact) mass is 477 g/mol. The summed E-state index contributed by atoms with van der Waals surface area (Å²) in [5.41, 5.74) is 9.45. The van der Waals surface area contributed by atoms with Crippen molar-refractivity contribution in [2.75, 3.05) is 33.2 Å². The molecule has 4 atom stereocenters. The summed E-state index contributed by atoms with van der Waals surface area (Å²) in [6, 6.07) is 5.73. The molecular formula is C24H27N7O4. The van der Waals surface area contributed by atoms with E-state index in [0.29, 0.717) is 35.9 Å². The summed E-state index contributed by atoms with van der Waals surface area (Å²) >= 11 is 0. The molecule has 3 N–H and O–H groups in total. The SMILES string of the molecule is CO[C@H]1COCC1n1cccc2c(-c3cc(N)n4ncc(C(=O)N[C@H]5CC[C@@H]5OC)c4n3)cnc1-2. The fourth-order valence-corrected chi connectivity index (χ4v) is 4.98. The highest BCUT2D eigenvalue weighted by Gasteiger charge is 2.34. The summed E-state index contributed by atoms with van der Waals surface area (Å²) in [5, 5.41) is 7.31. The number of methoxy groups -OCH3 is 2. The number of aromatic nitrogens is 5. The van der Waals surface area contributed by atoms with Crippen molar-refractivity contribution in [1.29, 1.82) is 0 Å². The fourth-order valence-electron chi connectivity index (χ4n) is 4.98. The molecule has 2 fully saturated rings. The van der Waals surface area contributed by atoms with Gasteiger partial charge in [-0.2, -0.15) is 9.61 Å². The van der Waals surface area contributed by atoms with Gasteiger partial charge in [-0.05, 0) is 25.0 Å². The van der Waals surface area contributed by atoms with E-state index in [1.165, 1.54) is 10.7 Å². The van der Waals surface area contributed by atoms with Crippen molar-refractivity contribution in [3.05, 3.63) is 42.4 Å². The molecule has 11 nitrogen and oxygen atoms in total. The number of anilines is 1. The Morgan fingerprint density at radius 2 is 2.03 bits per heavy atom. The van der Waals surface area contributed by atoms with Gasteiger partial charge in [0.05, 0.1) is 43.3 Å². The van der Waals surface area contributed by atoms with Crippen LogP contribution in [0.4, 0.5) is 5.82 Å². The number of carbonyl (C=O) groups excluding carboxylic acids is 1. The third-order valence-electron chi connectivity index (χ3n) is 7.11. The standard InChI is InChI=1S/C24H27N7O4/c1-33-19-6-5-16(19)29-24(32)15-10-27-31-21(25)8-17(28-23(15)31)14-9-26-22-13(14)4-3-7-30(22)18-11-35-12-20(18)34-2/h3-4,7-10,16,18-20H,5-6,11-12,25H2,1-2H3,(H,29,32)/t16-,18?,19-,20-/m0/s1. The first-order chi connectivity index (χ1) is 17.1. The summed E-state index contributed by atoms with van der Waals surface area (Å²) in [7, 11) is 3.35. The van der Waals surface area contributed by atoms with Gasteiger partial charge in [0.2, 0.25) is 0 Å². The first kappa shape index (κ1) is 22.0. The van der Waals surface area contributed by atoms with Gasteiger partial charge in [0.25, 0.3) is 5.91 Å². The van der Waals surface area contributed by atoms with E-state index >= 15 is 0 Å². The Bertz CT molecular complexity index is 1360. The minimum absolute atomic E-state index is 0.0165. The molecule has 6 rings (SSSR count). The Hall–Kier alpha value is -3.54.